The number of morpholine rings is 1. The van der Waals surface area contributed by atoms with E-state index in [1.807, 2.05) is 54.6 Å². The molecule has 1 aliphatic heterocycles. The fourth-order valence-electron chi connectivity index (χ4n) is 3.14. The summed E-state index contributed by atoms with van der Waals surface area (Å²) < 4.78 is 11.2. The van der Waals surface area contributed by atoms with Crippen molar-refractivity contribution in [2.24, 2.45) is 0 Å². The van der Waals surface area contributed by atoms with Crippen molar-refractivity contribution in [3.05, 3.63) is 84.1 Å². The average Bonchev–Trinajstić information content (AvgIpc) is 2.79. The van der Waals surface area contributed by atoms with Crippen LogP contribution in [0.25, 0.3) is 0 Å². The Morgan fingerprint density at radius 1 is 1.00 bits per heavy atom. The monoisotopic (exact) mass is 389 g/mol. The van der Waals surface area contributed by atoms with E-state index in [1.54, 1.807) is 18.3 Å². The lowest BCUT2D eigenvalue weighted by Gasteiger charge is -2.27. The molecule has 1 N–H and O–H groups in total. The topological polar surface area (TPSA) is 63.7 Å². The molecule has 0 bridgehead atoms. The number of benzene rings is 2. The summed E-state index contributed by atoms with van der Waals surface area (Å²) in [5.41, 5.74) is 1.44. The van der Waals surface area contributed by atoms with E-state index in [4.69, 9.17) is 9.47 Å². The molecule has 0 atom stereocenters. The van der Waals surface area contributed by atoms with Crippen molar-refractivity contribution in [2.75, 3.05) is 31.2 Å². The van der Waals surface area contributed by atoms with Gasteiger partial charge in [0.2, 0.25) is 0 Å². The number of rotatable bonds is 6. The fraction of sp³-hybridized carbons (Fsp3) is 0.217. The lowest BCUT2D eigenvalue weighted by Crippen LogP contribution is -2.36. The van der Waals surface area contributed by atoms with E-state index < -0.39 is 0 Å². The van der Waals surface area contributed by atoms with Crippen LogP contribution in [-0.2, 0) is 11.3 Å². The van der Waals surface area contributed by atoms with Gasteiger partial charge in [0.1, 0.15) is 17.3 Å². The molecule has 0 saturated carbocycles. The van der Waals surface area contributed by atoms with Gasteiger partial charge in [0.05, 0.1) is 18.8 Å². The van der Waals surface area contributed by atoms with Gasteiger partial charge in [-0.05, 0) is 35.9 Å². The molecule has 6 heteroatoms. The lowest BCUT2D eigenvalue weighted by atomic mass is 10.1. The molecule has 0 unspecified atom stereocenters. The van der Waals surface area contributed by atoms with E-state index in [1.165, 1.54) is 0 Å². The molecule has 4 rings (SSSR count). The molecule has 6 nitrogen and oxygen atoms in total. The molecular formula is C23H23N3O3. The second-order valence-corrected chi connectivity index (χ2v) is 6.72. The van der Waals surface area contributed by atoms with Crippen LogP contribution in [0.15, 0.2) is 72.9 Å². The normalized spacial score (nSPS) is 13.7. The lowest BCUT2D eigenvalue weighted by molar-refractivity contribution is 0.0948. The fourth-order valence-corrected chi connectivity index (χ4v) is 3.14. The van der Waals surface area contributed by atoms with Gasteiger partial charge in [0.25, 0.3) is 5.91 Å². The second kappa shape index (κ2) is 9.21. The van der Waals surface area contributed by atoms with E-state index in [0.717, 1.165) is 37.7 Å². The second-order valence-electron chi connectivity index (χ2n) is 6.72. The number of carbonyl (C=O) groups excluding carboxylic acids is 1. The minimum absolute atomic E-state index is 0.186. The Bertz CT molecular complexity index is 939. The van der Waals surface area contributed by atoms with Crippen molar-refractivity contribution in [1.29, 1.82) is 0 Å². The Hall–Kier alpha value is -3.38. The molecule has 148 valence electrons. The summed E-state index contributed by atoms with van der Waals surface area (Å²) in [6.07, 6.45) is 1.80. The average molecular weight is 389 g/mol. The quantitative estimate of drug-likeness (QED) is 0.697. The number of pyridine rings is 1. The molecule has 29 heavy (non-hydrogen) atoms. The first kappa shape index (κ1) is 19.0. The van der Waals surface area contributed by atoms with Crippen molar-refractivity contribution < 1.29 is 14.3 Å². The standard InChI is InChI=1S/C23H23N3O3/c27-23(20-8-4-5-9-21(20)29-19-6-2-1-3-7-19)25-17-18-10-11-22(24-16-18)26-12-14-28-15-13-26/h1-11,16H,12-15,17H2,(H,25,27). The maximum Gasteiger partial charge on any atom is 0.255 e. The first-order valence-electron chi connectivity index (χ1n) is 9.67. The Labute approximate surface area is 170 Å². The van der Waals surface area contributed by atoms with Crippen LogP contribution in [0, 0.1) is 0 Å². The number of hydrogen-bond donors (Lipinski definition) is 1. The molecule has 3 aromatic rings. The Kier molecular flexibility index (Phi) is 6.02. The van der Waals surface area contributed by atoms with Gasteiger partial charge >= 0.3 is 0 Å². The van der Waals surface area contributed by atoms with Crippen molar-refractivity contribution in [3.8, 4) is 11.5 Å². The smallest absolute Gasteiger partial charge is 0.255 e. The number of hydrogen-bond acceptors (Lipinski definition) is 5. The maximum absolute atomic E-state index is 12.7. The number of ether oxygens (including phenoxy) is 2. The predicted molar refractivity (Wildman–Crippen MR) is 111 cm³/mol. The molecule has 0 spiro atoms. The van der Waals surface area contributed by atoms with Gasteiger partial charge in [-0.2, -0.15) is 0 Å². The number of nitrogens with one attached hydrogen (secondary N) is 1. The number of aromatic nitrogens is 1. The Balaban J connectivity index is 1.38. The van der Waals surface area contributed by atoms with Crippen molar-refractivity contribution >= 4 is 11.7 Å². The summed E-state index contributed by atoms with van der Waals surface area (Å²) >= 11 is 0. The van der Waals surface area contributed by atoms with E-state index in [0.29, 0.717) is 23.6 Å². The number of para-hydroxylation sites is 2. The minimum Gasteiger partial charge on any atom is -0.457 e. The van der Waals surface area contributed by atoms with Gasteiger partial charge < -0.3 is 19.7 Å². The highest BCUT2D eigenvalue weighted by Crippen LogP contribution is 2.25. The molecule has 1 aliphatic rings. The molecule has 1 aromatic heterocycles. The molecule has 1 saturated heterocycles. The molecular weight excluding hydrogens is 366 g/mol. The van der Waals surface area contributed by atoms with Crippen LogP contribution in [0.5, 0.6) is 11.5 Å². The summed E-state index contributed by atoms with van der Waals surface area (Å²) in [5.74, 6) is 1.96. The largest absolute Gasteiger partial charge is 0.457 e. The SMILES string of the molecule is O=C(NCc1ccc(N2CCOCC2)nc1)c1ccccc1Oc1ccccc1. The van der Waals surface area contributed by atoms with Gasteiger partial charge in [-0.3, -0.25) is 4.79 Å². The molecule has 1 amide bonds. The van der Waals surface area contributed by atoms with Crippen LogP contribution in [0.2, 0.25) is 0 Å². The van der Waals surface area contributed by atoms with E-state index >= 15 is 0 Å². The molecule has 2 heterocycles. The first-order chi connectivity index (χ1) is 14.3. The summed E-state index contributed by atoms with van der Waals surface area (Å²) in [6, 6.07) is 20.6. The van der Waals surface area contributed by atoms with Crippen LogP contribution in [0.4, 0.5) is 5.82 Å². The zero-order valence-electron chi connectivity index (χ0n) is 16.1. The number of carbonyl (C=O) groups is 1. The number of anilines is 1. The third-order valence-electron chi connectivity index (χ3n) is 4.70. The van der Waals surface area contributed by atoms with Gasteiger partial charge in [-0.1, -0.05) is 36.4 Å². The number of nitrogens with zero attached hydrogens (tertiary/aromatic N) is 2. The predicted octanol–water partition coefficient (Wildman–Crippen LogP) is 3.64. The highest BCUT2D eigenvalue weighted by atomic mass is 16.5. The number of amides is 1. The minimum atomic E-state index is -0.186. The zero-order chi connectivity index (χ0) is 19.9. The van der Waals surface area contributed by atoms with Gasteiger partial charge in [0.15, 0.2) is 0 Å². The van der Waals surface area contributed by atoms with Crippen LogP contribution in [-0.4, -0.2) is 37.2 Å². The first-order valence-corrected chi connectivity index (χ1v) is 9.67. The maximum atomic E-state index is 12.7. The highest BCUT2D eigenvalue weighted by Gasteiger charge is 2.14. The summed E-state index contributed by atoms with van der Waals surface area (Å²) in [5, 5.41) is 2.95. The van der Waals surface area contributed by atoms with Crippen molar-refractivity contribution in [1.82, 2.24) is 10.3 Å². The Morgan fingerprint density at radius 2 is 1.76 bits per heavy atom. The Morgan fingerprint density at radius 3 is 2.52 bits per heavy atom. The molecule has 1 fully saturated rings. The van der Waals surface area contributed by atoms with Crippen LogP contribution < -0.4 is 15.0 Å². The summed E-state index contributed by atoms with van der Waals surface area (Å²) in [6.45, 7) is 3.55. The molecule has 0 radical (unpaired) electrons. The van der Waals surface area contributed by atoms with Crippen LogP contribution >= 0.6 is 0 Å². The van der Waals surface area contributed by atoms with Crippen molar-refractivity contribution in [3.63, 3.8) is 0 Å². The van der Waals surface area contributed by atoms with Gasteiger partial charge in [-0.15, -0.1) is 0 Å². The third-order valence-corrected chi connectivity index (χ3v) is 4.70. The van der Waals surface area contributed by atoms with Crippen LogP contribution in [0.3, 0.4) is 0 Å². The highest BCUT2D eigenvalue weighted by molar-refractivity contribution is 5.96. The van der Waals surface area contributed by atoms with Crippen LogP contribution in [0.1, 0.15) is 15.9 Å². The zero-order valence-corrected chi connectivity index (χ0v) is 16.1. The van der Waals surface area contributed by atoms with Gasteiger partial charge in [0, 0.05) is 25.8 Å². The third kappa shape index (κ3) is 4.92. The molecule has 2 aromatic carbocycles. The summed E-state index contributed by atoms with van der Waals surface area (Å²) in [4.78, 5) is 19.4. The van der Waals surface area contributed by atoms with Crippen molar-refractivity contribution in [2.45, 2.75) is 6.54 Å². The molecule has 0 aliphatic carbocycles. The van der Waals surface area contributed by atoms with E-state index in [2.05, 4.69) is 15.2 Å². The van der Waals surface area contributed by atoms with E-state index in [-0.39, 0.29) is 5.91 Å². The van der Waals surface area contributed by atoms with E-state index in [9.17, 15) is 4.79 Å². The van der Waals surface area contributed by atoms with Gasteiger partial charge in [-0.25, -0.2) is 4.98 Å². The summed E-state index contributed by atoms with van der Waals surface area (Å²) in [7, 11) is 0.